The molecule has 1 rings (SSSR count). The standard InChI is InChI=1S/C8H6BrF3O/c9-1-2-13-5-3-6(10)8(12)7(11)4-5/h3-4H,1-2H2. The van der Waals surface area contributed by atoms with Crippen molar-refractivity contribution in [3.05, 3.63) is 29.6 Å². The maximum absolute atomic E-state index is 12.6. The third-order valence-corrected chi connectivity index (χ3v) is 1.63. The monoisotopic (exact) mass is 254 g/mol. The average Bonchev–Trinajstić information content (AvgIpc) is 2.10. The molecule has 5 heteroatoms. The van der Waals surface area contributed by atoms with Gasteiger partial charge in [0.2, 0.25) is 0 Å². The van der Waals surface area contributed by atoms with Gasteiger partial charge in [-0.05, 0) is 0 Å². The fourth-order valence-electron chi connectivity index (χ4n) is 0.772. The molecule has 72 valence electrons. The van der Waals surface area contributed by atoms with E-state index in [2.05, 4.69) is 15.9 Å². The first kappa shape index (κ1) is 10.4. The Hall–Kier alpha value is -0.710. The van der Waals surface area contributed by atoms with Crippen molar-refractivity contribution in [2.24, 2.45) is 0 Å². The molecule has 0 radical (unpaired) electrons. The molecule has 1 nitrogen and oxygen atoms in total. The third-order valence-electron chi connectivity index (χ3n) is 1.30. The highest BCUT2D eigenvalue weighted by Crippen LogP contribution is 2.19. The van der Waals surface area contributed by atoms with Crippen molar-refractivity contribution in [2.75, 3.05) is 11.9 Å². The average molecular weight is 255 g/mol. The zero-order chi connectivity index (χ0) is 9.84. The van der Waals surface area contributed by atoms with Gasteiger partial charge in [-0.25, -0.2) is 13.2 Å². The molecule has 0 amide bonds. The lowest BCUT2D eigenvalue weighted by molar-refractivity contribution is 0.335. The van der Waals surface area contributed by atoms with Crippen LogP contribution >= 0.6 is 15.9 Å². The van der Waals surface area contributed by atoms with E-state index in [1.807, 2.05) is 0 Å². The molecule has 0 N–H and O–H groups in total. The highest BCUT2D eigenvalue weighted by Gasteiger charge is 2.10. The van der Waals surface area contributed by atoms with Crippen molar-refractivity contribution in [1.82, 2.24) is 0 Å². The molecule has 0 saturated heterocycles. The molecule has 0 saturated carbocycles. The number of halogens is 4. The first-order valence-electron chi connectivity index (χ1n) is 3.48. The fraction of sp³-hybridized carbons (Fsp3) is 0.250. The molecule has 0 aromatic heterocycles. The van der Waals surface area contributed by atoms with Crippen molar-refractivity contribution in [3.63, 3.8) is 0 Å². The van der Waals surface area contributed by atoms with Crippen LogP contribution in [0.5, 0.6) is 5.75 Å². The minimum absolute atomic E-state index is 0.0177. The minimum atomic E-state index is -1.48. The SMILES string of the molecule is Fc1cc(OCCBr)cc(F)c1F. The van der Waals surface area contributed by atoms with Gasteiger partial charge in [-0.3, -0.25) is 0 Å². The summed E-state index contributed by atoms with van der Waals surface area (Å²) in [5.74, 6) is -3.99. The van der Waals surface area contributed by atoms with Gasteiger partial charge in [-0.2, -0.15) is 0 Å². The summed E-state index contributed by atoms with van der Waals surface area (Å²) < 4.78 is 42.4. The summed E-state index contributed by atoms with van der Waals surface area (Å²) in [6.45, 7) is 0.268. The van der Waals surface area contributed by atoms with Crippen molar-refractivity contribution in [3.8, 4) is 5.75 Å². The lowest BCUT2D eigenvalue weighted by Crippen LogP contribution is -2.00. The van der Waals surface area contributed by atoms with E-state index in [-0.39, 0.29) is 12.4 Å². The zero-order valence-corrected chi connectivity index (χ0v) is 8.08. The second-order valence-corrected chi connectivity index (χ2v) is 3.03. The summed E-state index contributed by atoms with van der Waals surface area (Å²) >= 11 is 3.07. The van der Waals surface area contributed by atoms with Crippen LogP contribution < -0.4 is 4.74 Å². The van der Waals surface area contributed by atoms with Gasteiger partial charge in [-0.15, -0.1) is 0 Å². The van der Waals surface area contributed by atoms with E-state index >= 15 is 0 Å². The molecule has 0 heterocycles. The number of ether oxygens (including phenoxy) is 1. The second-order valence-electron chi connectivity index (χ2n) is 2.24. The molecule has 1 aromatic carbocycles. The highest BCUT2D eigenvalue weighted by atomic mass is 79.9. The van der Waals surface area contributed by atoms with Gasteiger partial charge in [0.15, 0.2) is 17.5 Å². The van der Waals surface area contributed by atoms with Crippen LogP contribution in [0.15, 0.2) is 12.1 Å². The second kappa shape index (κ2) is 4.50. The minimum Gasteiger partial charge on any atom is -0.493 e. The molecule has 0 fully saturated rings. The van der Waals surface area contributed by atoms with Crippen molar-refractivity contribution in [1.29, 1.82) is 0 Å². The van der Waals surface area contributed by atoms with Gasteiger partial charge in [0.25, 0.3) is 0 Å². The van der Waals surface area contributed by atoms with E-state index in [4.69, 9.17) is 4.74 Å². The van der Waals surface area contributed by atoms with Crippen LogP contribution in [0, 0.1) is 17.5 Å². The van der Waals surface area contributed by atoms with Gasteiger partial charge in [-0.1, -0.05) is 15.9 Å². The highest BCUT2D eigenvalue weighted by molar-refractivity contribution is 9.09. The number of alkyl halides is 1. The number of benzene rings is 1. The Morgan fingerprint density at radius 1 is 1.15 bits per heavy atom. The first-order valence-corrected chi connectivity index (χ1v) is 4.60. The lowest BCUT2D eigenvalue weighted by atomic mass is 10.3. The van der Waals surface area contributed by atoms with Crippen LogP contribution in [0.4, 0.5) is 13.2 Å². The summed E-state index contributed by atoms with van der Waals surface area (Å²) in [6.07, 6.45) is 0. The van der Waals surface area contributed by atoms with Crippen LogP contribution in [0.3, 0.4) is 0 Å². The molecule has 13 heavy (non-hydrogen) atoms. The Bertz CT molecular complexity index is 280. The summed E-state index contributed by atoms with van der Waals surface area (Å²) in [6, 6.07) is 1.61. The summed E-state index contributed by atoms with van der Waals surface area (Å²) in [4.78, 5) is 0. The van der Waals surface area contributed by atoms with E-state index in [9.17, 15) is 13.2 Å². The Balaban J connectivity index is 2.86. The van der Waals surface area contributed by atoms with Crippen molar-refractivity contribution in [2.45, 2.75) is 0 Å². The number of hydrogen-bond acceptors (Lipinski definition) is 1. The molecular formula is C8H6BrF3O. The number of rotatable bonds is 3. The quantitative estimate of drug-likeness (QED) is 0.596. The predicted molar refractivity (Wildman–Crippen MR) is 45.6 cm³/mol. The lowest BCUT2D eigenvalue weighted by Gasteiger charge is -2.04. The first-order chi connectivity index (χ1) is 6.15. The maximum atomic E-state index is 12.6. The zero-order valence-electron chi connectivity index (χ0n) is 6.49. The van der Waals surface area contributed by atoms with Gasteiger partial charge in [0.1, 0.15) is 5.75 Å². The molecule has 0 spiro atoms. The maximum Gasteiger partial charge on any atom is 0.194 e. The van der Waals surface area contributed by atoms with Crippen molar-refractivity contribution < 1.29 is 17.9 Å². The molecule has 0 bridgehead atoms. The normalized spacial score (nSPS) is 10.2. The summed E-state index contributed by atoms with van der Waals surface area (Å²) in [7, 11) is 0. The Kier molecular flexibility index (Phi) is 3.59. The smallest absolute Gasteiger partial charge is 0.194 e. The van der Waals surface area contributed by atoms with Crippen LogP contribution in [0.2, 0.25) is 0 Å². The van der Waals surface area contributed by atoms with Crippen LogP contribution in [-0.4, -0.2) is 11.9 Å². The van der Waals surface area contributed by atoms with E-state index in [0.29, 0.717) is 5.33 Å². The van der Waals surface area contributed by atoms with Crippen LogP contribution in [-0.2, 0) is 0 Å². The molecular weight excluding hydrogens is 249 g/mol. The fourth-order valence-corrected chi connectivity index (χ4v) is 0.934. The van der Waals surface area contributed by atoms with E-state index in [1.165, 1.54) is 0 Å². The van der Waals surface area contributed by atoms with Crippen molar-refractivity contribution >= 4 is 15.9 Å². The van der Waals surface area contributed by atoms with Gasteiger partial charge < -0.3 is 4.74 Å². The third kappa shape index (κ3) is 2.62. The molecule has 0 atom stereocenters. The molecule has 0 unspecified atom stereocenters. The topological polar surface area (TPSA) is 9.23 Å². The molecule has 0 aliphatic carbocycles. The van der Waals surface area contributed by atoms with E-state index < -0.39 is 17.5 Å². The van der Waals surface area contributed by atoms with E-state index in [1.54, 1.807) is 0 Å². The number of hydrogen-bond donors (Lipinski definition) is 0. The molecule has 0 aliphatic heterocycles. The van der Waals surface area contributed by atoms with Gasteiger partial charge in [0.05, 0.1) is 6.61 Å². The molecule has 1 aromatic rings. The van der Waals surface area contributed by atoms with E-state index in [0.717, 1.165) is 12.1 Å². The Labute approximate surface area is 81.6 Å². The summed E-state index contributed by atoms with van der Waals surface area (Å²) in [5, 5.41) is 0.535. The Morgan fingerprint density at radius 2 is 1.69 bits per heavy atom. The van der Waals surface area contributed by atoms with Crippen LogP contribution in [0.1, 0.15) is 0 Å². The van der Waals surface area contributed by atoms with Gasteiger partial charge in [0, 0.05) is 17.5 Å². The van der Waals surface area contributed by atoms with Gasteiger partial charge >= 0.3 is 0 Å². The Morgan fingerprint density at radius 3 is 2.15 bits per heavy atom. The largest absolute Gasteiger partial charge is 0.493 e. The predicted octanol–water partition coefficient (Wildman–Crippen LogP) is 2.88. The summed E-state index contributed by atoms with van der Waals surface area (Å²) in [5.41, 5.74) is 0. The van der Waals surface area contributed by atoms with Crippen LogP contribution in [0.25, 0.3) is 0 Å². The molecule has 0 aliphatic rings.